The minimum atomic E-state index is -1.32. The van der Waals surface area contributed by atoms with Gasteiger partial charge in [-0.15, -0.1) is 0 Å². The van der Waals surface area contributed by atoms with E-state index in [1.165, 1.54) is 30.3 Å². The van der Waals surface area contributed by atoms with Crippen LogP contribution in [0.4, 0.5) is 14.5 Å². The Morgan fingerprint density at radius 3 is 2.59 bits per heavy atom. The maximum atomic E-state index is 14.2. The van der Waals surface area contributed by atoms with Gasteiger partial charge in [0.2, 0.25) is 11.8 Å². The summed E-state index contributed by atoms with van der Waals surface area (Å²) in [4.78, 5) is 27.5. The maximum absolute atomic E-state index is 14.2. The van der Waals surface area contributed by atoms with Gasteiger partial charge in [-0.2, -0.15) is 0 Å². The lowest BCUT2D eigenvalue weighted by atomic mass is 9.62. The summed E-state index contributed by atoms with van der Waals surface area (Å²) < 4.78 is 28.3. The highest BCUT2D eigenvalue weighted by molar-refractivity contribution is 6.30. The molecule has 2 aliphatic heterocycles. The monoisotopic (exact) mass is 535 g/mol. The number of rotatable bonds is 7. The normalized spacial score (nSPS) is 25.7. The molecule has 2 aromatic rings. The summed E-state index contributed by atoms with van der Waals surface area (Å²) in [5, 5.41) is 27.6. The van der Waals surface area contributed by atoms with Crippen molar-refractivity contribution in [2.24, 2.45) is 5.41 Å². The number of anilines is 1. The summed E-state index contributed by atoms with van der Waals surface area (Å²) in [7, 11) is 0. The van der Waals surface area contributed by atoms with Crippen LogP contribution >= 0.6 is 11.6 Å². The number of aliphatic hydroxyl groups excluding tert-OH is 2. The van der Waals surface area contributed by atoms with Gasteiger partial charge in [-0.1, -0.05) is 44.5 Å². The van der Waals surface area contributed by atoms with Crippen LogP contribution in [0.15, 0.2) is 36.4 Å². The zero-order valence-corrected chi connectivity index (χ0v) is 21.7. The largest absolute Gasteiger partial charge is 0.394 e. The van der Waals surface area contributed by atoms with Crippen LogP contribution in [0.3, 0.4) is 0 Å². The number of benzene rings is 2. The van der Waals surface area contributed by atoms with E-state index in [0.717, 1.165) is 0 Å². The number of carbonyl (C=O) groups excluding carboxylic acids is 2. The van der Waals surface area contributed by atoms with Gasteiger partial charge >= 0.3 is 0 Å². The molecule has 5 atom stereocenters. The molecule has 10 heteroatoms. The Hall–Kier alpha value is -2.59. The number of hydrogen-bond acceptors (Lipinski definition) is 5. The van der Waals surface area contributed by atoms with Gasteiger partial charge < -0.3 is 26.2 Å². The first-order valence-electron chi connectivity index (χ1n) is 12.3. The third kappa shape index (κ3) is 5.10. The minimum absolute atomic E-state index is 0.0978. The van der Waals surface area contributed by atoms with Crippen LogP contribution in [0.5, 0.6) is 0 Å². The highest BCUT2D eigenvalue weighted by Gasteiger charge is 2.65. The lowest BCUT2D eigenvalue weighted by molar-refractivity contribution is -0.124. The average Bonchev–Trinajstić information content (AvgIpc) is 3.29. The molecule has 4 rings (SSSR count). The van der Waals surface area contributed by atoms with E-state index in [9.17, 15) is 23.5 Å². The van der Waals surface area contributed by atoms with Gasteiger partial charge in [0, 0.05) is 24.2 Å². The number of carbonyl (C=O) groups is 2. The van der Waals surface area contributed by atoms with E-state index < -0.39 is 53.7 Å². The number of fused-ring (bicyclic) bond motifs is 2. The third-order valence-electron chi connectivity index (χ3n) is 7.19. The van der Waals surface area contributed by atoms with E-state index in [1.54, 1.807) is 6.07 Å². The van der Waals surface area contributed by atoms with Crippen molar-refractivity contribution in [1.82, 2.24) is 10.6 Å². The Balaban J connectivity index is 1.87. The van der Waals surface area contributed by atoms with Crippen LogP contribution in [0.25, 0.3) is 0 Å². The molecule has 2 aromatic carbocycles. The van der Waals surface area contributed by atoms with Crippen molar-refractivity contribution < 1.29 is 28.6 Å². The van der Waals surface area contributed by atoms with Crippen molar-refractivity contribution in [2.75, 3.05) is 18.5 Å². The number of aliphatic hydroxyl groups is 2. The van der Waals surface area contributed by atoms with E-state index in [1.807, 2.05) is 20.8 Å². The average molecular weight is 536 g/mol. The number of hydrogen-bond donors (Lipinski definition) is 5. The Morgan fingerprint density at radius 2 is 1.95 bits per heavy atom. The van der Waals surface area contributed by atoms with Crippen molar-refractivity contribution in [1.29, 1.82) is 0 Å². The van der Waals surface area contributed by atoms with E-state index in [-0.39, 0.29) is 29.3 Å². The Labute approximate surface area is 219 Å². The molecule has 0 radical (unpaired) electrons. The van der Waals surface area contributed by atoms with Crippen LogP contribution in [0.2, 0.25) is 5.02 Å². The van der Waals surface area contributed by atoms with E-state index in [4.69, 9.17) is 16.7 Å². The lowest BCUT2D eigenvalue weighted by Crippen LogP contribution is -2.49. The topological polar surface area (TPSA) is 111 Å². The quantitative estimate of drug-likeness (QED) is 0.374. The van der Waals surface area contributed by atoms with Gasteiger partial charge in [0.25, 0.3) is 0 Å². The zero-order valence-electron chi connectivity index (χ0n) is 20.9. The van der Waals surface area contributed by atoms with E-state index in [2.05, 4.69) is 16.0 Å². The first kappa shape index (κ1) is 27.4. The number of nitrogens with one attached hydrogen (secondary N) is 3. The van der Waals surface area contributed by atoms with Gasteiger partial charge in [-0.25, -0.2) is 8.78 Å². The standard InChI is InChI=1S/C27H32ClF2N3O4/c1-26(2,3)12-21-27(17-6-5-15(29)11-20(17)32-25(27)37)22(14-4-7-19(30)18(28)10-14)23(33-21)24(36)31-9-8-16(35)13-34/h4-7,10-11,16,21-23,33-35H,8-9,12-13H2,1-3H3,(H,31,36)(H,32,37)/t16-,21+,22-,23+,27-/m0/s1. The summed E-state index contributed by atoms with van der Waals surface area (Å²) >= 11 is 6.15. The van der Waals surface area contributed by atoms with E-state index >= 15 is 0 Å². The highest BCUT2D eigenvalue weighted by Crippen LogP contribution is 2.56. The SMILES string of the molecule is CC(C)(C)C[C@H]1N[C@@H](C(=O)NCC[C@H](O)CO)[C@H](c2ccc(F)c(Cl)c2)[C@@]12C(=O)Nc1cc(F)ccc12. The molecule has 1 saturated heterocycles. The van der Waals surface area contributed by atoms with Crippen LogP contribution in [0, 0.1) is 17.0 Å². The highest BCUT2D eigenvalue weighted by atomic mass is 35.5. The zero-order chi connectivity index (χ0) is 27.1. The second-order valence-corrected chi connectivity index (χ2v) is 11.4. The molecule has 1 spiro atoms. The first-order valence-corrected chi connectivity index (χ1v) is 12.7. The van der Waals surface area contributed by atoms with Crippen LogP contribution in [-0.4, -0.2) is 53.4 Å². The summed E-state index contributed by atoms with van der Waals surface area (Å²) in [5.41, 5.74) is -0.203. The molecule has 5 N–H and O–H groups in total. The van der Waals surface area contributed by atoms with Crippen molar-refractivity contribution in [3.05, 3.63) is 64.2 Å². The molecule has 2 amide bonds. The van der Waals surface area contributed by atoms with Crippen LogP contribution in [-0.2, 0) is 15.0 Å². The summed E-state index contributed by atoms with van der Waals surface area (Å²) in [6.45, 7) is 5.73. The van der Waals surface area contributed by atoms with Gasteiger partial charge in [-0.3, -0.25) is 9.59 Å². The molecule has 0 bridgehead atoms. The lowest BCUT2D eigenvalue weighted by Gasteiger charge is -2.37. The summed E-state index contributed by atoms with van der Waals surface area (Å²) in [5.74, 6) is -2.75. The fourth-order valence-corrected chi connectivity index (χ4v) is 5.88. The Bertz CT molecular complexity index is 1200. The molecule has 200 valence electrons. The molecule has 37 heavy (non-hydrogen) atoms. The van der Waals surface area contributed by atoms with E-state index in [0.29, 0.717) is 23.2 Å². The molecule has 7 nitrogen and oxygen atoms in total. The second-order valence-electron chi connectivity index (χ2n) is 11.0. The Kier molecular flexibility index (Phi) is 7.63. The molecule has 0 aliphatic carbocycles. The first-order chi connectivity index (χ1) is 17.4. The smallest absolute Gasteiger partial charge is 0.237 e. The van der Waals surface area contributed by atoms with Crippen molar-refractivity contribution in [3.8, 4) is 0 Å². The predicted molar refractivity (Wildman–Crippen MR) is 136 cm³/mol. The van der Waals surface area contributed by atoms with Crippen LogP contribution in [0.1, 0.15) is 50.7 Å². The number of amides is 2. The van der Waals surface area contributed by atoms with Crippen molar-refractivity contribution in [3.63, 3.8) is 0 Å². The van der Waals surface area contributed by atoms with Gasteiger partial charge in [0.05, 0.1) is 23.8 Å². The third-order valence-corrected chi connectivity index (χ3v) is 7.48. The summed E-state index contributed by atoms with van der Waals surface area (Å²) in [6.07, 6.45) is -0.345. The summed E-state index contributed by atoms with van der Waals surface area (Å²) in [6, 6.07) is 6.79. The molecule has 0 aromatic heterocycles. The van der Waals surface area contributed by atoms with Crippen molar-refractivity contribution >= 4 is 29.1 Å². The van der Waals surface area contributed by atoms with Gasteiger partial charge in [0.15, 0.2) is 0 Å². The molecular formula is C27H32ClF2N3O4. The maximum Gasteiger partial charge on any atom is 0.237 e. The molecular weight excluding hydrogens is 504 g/mol. The number of halogens is 3. The van der Waals surface area contributed by atoms with Gasteiger partial charge in [0.1, 0.15) is 17.0 Å². The molecule has 1 fully saturated rings. The Morgan fingerprint density at radius 1 is 1.22 bits per heavy atom. The second kappa shape index (κ2) is 10.3. The molecule has 0 unspecified atom stereocenters. The molecule has 2 heterocycles. The molecule has 2 aliphatic rings. The fourth-order valence-electron chi connectivity index (χ4n) is 5.69. The fraction of sp³-hybridized carbons (Fsp3) is 0.481. The van der Waals surface area contributed by atoms with Crippen molar-refractivity contribution in [2.45, 2.75) is 63.1 Å². The van der Waals surface area contributed by atoms with Crippen LogP contribution < -0.4 is 16.0 Å². The molecule has 0 saturated carbocycles. The predicted octanol–water partition coefficient (Wildman–Crippen LogP) is 3.23. The minimum Gasteiger partial charge on any atom is -0.394 e. The van der Waals surface area contributed by atoms with Gasteiger partial charge in [-0.05, 0) is 53.6 Å².